The van der Waals surface area contributed by atoms with Crippen molar-refractivity contribution in [3.63, 3.8) is 0 Å². The summed E-state index contributed by atoms with van der Waals surface area (Å²) in [5.74, 6) is 0.140. The molecular formula is C13H22N2O2. The molecule has 1 rings (SSSR count). The minimum absolute atomic E-state index is 0.140. The number of phenolic OH excluding ortho intramolecular Hbond substituents is 1. The Labute approximate surface area is 103 Å². The van der Waals surface area contributed by atoms with E-state index in [1.165, 1.54) is 0 Å². The van der Waals surface area contributed by atoms with Crippen molar-refractivity contribution in [3.05, 3.63) is 23.8 Å². The molecule has 1 aromatic carbocycles. The van der Waals surface area contributed by atoms with Gasteiger partial charge in [0.1, 0.15) is 5.75 Å². The second-order valence-electron chi connectivity index (χ2n) is 4.26. The number of phenols is 1. The summed E-state index contributed by atoms with van der Waals surface area (Å²) in [7, 11) is 1.71. The van der Waals surface area contributed by atoms with Gasteiger partial charge in [0.15, 0.2) is 0 Å². The predicted molar refractivity (Wildman–Crippen MR) is 69.9 cm³/mol. The van der Waals surface area contributed by atoms with Gasteiger partial charge in [0.2, 0.25) is 0 Å². The molecule has 0 aromatic heterocycles. The van der Waals surface area contributed by atoms with Crippen LogP contribution >= 0.6 is 0 Å². The Morgan fingerprint density at radius 3 is 2.71 bits per heavy atom. The van der Waals surface area contributed by atoms with E-state index in [4.69, 9.17) is 10.5 Å². The molecule has 4 heteroatoms. The second-order valence-corrected chi connectivity index (χ2v) is 4.26. The SMILES string of the molecule is CCN(Cc1ccc(O)c(N)c1)C(C)COC. The number of likely N-dealkylation sites (N-methyl/N-ethyl adjacent to an activating group) is 1. The van der Waals surface area contributed by atoms with Gasteiger partial charge in [-0.05, 0) is 31.2 Å². The second kappa shape index (κ2) is 6.47. The van der Waals surface area contributed by atoms with Gasteiger partial charge in [0.05, 0.1) is 12.3 Å². The van der Waals surface area contributed by atoms with Crippen molar-refractivity contribution in [2.75, 3.05) is 26.0 Å². The van der Waals surface area contributed by atoms with Gasteiger partial charge in [-0.2, -0.15) is 0 Å². The van der Waals surface area contributed by atoms with Crippen molar-refractivity contribution in [2.24, 2.45) is 0 Å². The largest absolute Gasteiger partial charge is 0.506 e. The third kappa shape index (κ3) is 3.91. The molecule has 0 heterocycles. The van der Waals surface area contributed by atoms with Crippen LogP contribution in [0.2, 0.25) is 0 Å². The van der Waals surface area contributed by atoms with Crippen molar-refractivity contribution in [2.45, 2.75) is 26.4 Å². The first-order chi connectivity index (χ1) is 8.08. The van der Waals surface area contributed by atoms with E-state index in [0.717, 1.165) is 18.7 Å². The standard InChI is InChI=1S/C13H22N2O2/c1-4-15(10(2)9-17-3)8-11-5-6-13(16)12(14)7-11/h5-7,10,16H,4,8-9,14H2,1-3H3. The molecule has 0 radical (unpaired) electrons. The van der Waals surface area contributed by atoms with Crippen LogP contribution in [0.3, 0.4) is 0 Å². The molecule has 0 aliphatic rings. The fourth-order valence-corrected chi connectivity index (χ4v) is 1.86. The average molecular weight is 238 g/mol. The van der Waals surface area contributed by atoms with Crippen LogP contribution < -0.4 is 5.73 Å². The molecule has 0 aliphatic carbocycles. The summed E-state index contributed by atoms with van der Waals surface area (Å²) in [5.41, 5.74) is 7.21. The van der Waals surface area contributed by atoms with E-state index in [-0.39, 0.29) is 5.75 Å². The first kappa shape index (κ1) is 13.8. The lowest BCUT2D eigenvalue weighted by Gasteiger charge is -2.27. The van der Waals surface area contributed by atoms with Crippen molar-refractivity contribution in [1.29, 1.82) is 0 Å². The molecule has 1 unspecified atom stereocenters. The summed E-state index contributed by atoms with van der Waals surface area (Å²) in [6, 6.07) is 5.71. The third-order valence-corrected chi connectivity index (χ3v) is 2.92. The molecule has 1 atom stereocenters. The van der Waals surface area contributed by atoms with Crippen molar-refractivity contribution in [1.82, 2.24) is 4.90 Å². The lowest BCUT2D eigenvalue weighted by atomic mass is 10.1. The number of aromatic hydroxyl groups is 1. The highest BCUT2D eigenvalue weighted by atomic mass is 16.5. The number of methoxy groups -OCH3 is 1. The van der Waals surface area contributed by atoms with Crippen LogP contribution in [0.4, 0.5) is 5.69 Å². The van der Waals surface area contributed by atoms with Gasteiger partial charge in [-0.25, -0.2) is 0 Å². The molecule has 0 saturated heterocycles. The van der Waals surface area contributed by atoms with E-state index >= 15 is 0 Å². The fourth-order valence-electron chi connectivity index (χ4n) is 1.86. The van der Waals surface area contributed by atoms with Crippen LogP contribution in [0.15, 0.2) is 18.2 Å². The molecule has 3 N–H and O–H groups in total. The van der Waals surface area contributed by atoms with Gasteiger partial charge >= 0.3 is 0 Å². The number of nitrogen functional groups attached to an aromatic ring is 1. The highest BCUT2D eigenvalue weighted by molar-refractivity contribution is 5.53. The van der Waals surface area contributed by atoms with E-state index in [0.29, 0.717) is 18.3 Å². The molecule has 0 bridgehead atoms. The smallest absolute Gasteiger partial charge is 0.138 e. The third-order valence-electron chi connectivity index (χ3n) is 2.92. The summed E-state index contributed by atoms with van der Waals surface area (Å²) in [5, 5.41) is 9.37. The van der Waals surface area contributed by atoms with Gasteiger partial charge in [0.25, 0.3) is 0 Å². The van der Waals surface area contributed by atoms with E-state index < -0.39 is 0 Å². The number of hydrogen-bond acceptors (Lipinski definition) is 4. The number of hydrogen-bond donors (Lipinski definition) is 2. The van der Waals surface area contributed by atoms with E-state index in [1.54, 1.807) is 13.2 Å². The molecule has 1 aromatic rings. The summed E-state index contributed by atoms with van der Waals surface area (Å²) in [4.78, 5) is 2.30. The van der Waals surface area contributed by atoms with Crippen LogP contribution in [0.1, 0.15) is 19.4 Å². The highest BCUT2D eigenvalue weighted by Gasteiger charge is 2.12. The van der Waals surface area contributed by atoms with E-state index in [1.807, 2.05) is 12.1 Å². The number of rotatable bonds is 6. The van der Waals surface area contributed by atoms with Crippen LogP contribution in [0, 0.1) is 0 Å². The van der Waals surface area contributed by atoms with Gasteiger partial charge < -0.3 is 15.6 Å². The van der Waals surface area contributed by atoms with Crippen LogP contribution in [-0.4, -0.2) is 36.3 Å². The van der Waals surface area contributed by atoms with Crippen LogP contribution in [-0.2, 0) is 11.3 Å². The molecule has 0 spiro atoms. The molecule has 4 nitrogen and oxygen atoms in total. The number of nitrogens with two attached hydrogens (primary N) is 1. The molecular weight excluding hydrogens is 216 g/mol. The summed E-state index contributed by atoms with van der Waals surface area (Å²) in [6.07, 6.45) is 0. The van der Waals surface area contributed by atoms with E-state index in [9.17, 15) is 5.11 Å². The van der Waals surface area contributed by atoms with Crippen LogP contribution in [0.25, 0.3) is 0 Å². The van der Waals surface area contributed by atoms with Crippen molar-refractivity contribution < 1.29 is 9.84 Å². The summed E-state index contributed by atoms with van der Waals surface area (Å²) >= 11 is 0. The van der Waals surface area contributed by atoms with E-state index in [2.05, 4.69) is 18.7 Å². The zero-order chi connectivity index (χ0) is 12.8. The first-order valence-corrected chi connectivity index (χ1v) is 5.88. The van der Waals surface area contributed by atoms with Crippen LogP contribution in [0.5, 0.6) is 5.75 Å². The monoisotopic (exact) mass is 238 g/mol. The normalized spacial score (nSPS) is 12.9. The minimum Gasteiger partial charge on any atom is -0.506 e. The fraction of sp³-hybridized carbons (Fsp3) is 0.538. The van der Waals surface area contributed by atoms with Crippen molar-refractivity contribution >= 4 is 5.69 Å². The Bertz CT molecular complexity index is 355. The van der Waals surface area contributed by atoms with Gasteiger partial charge in [-0.15, -0.1) is 0 Å². The maximum Gasteiger partial charge on any atom is 0.138 e. The first-order valence-electron chi connectivity index (χ1n) is 5.88. The Morgan fingerprint density at radius 1 is 1.47 bits per heavy atom. The zero-order valence-corrected chi connectivity index (χ0v) is 10.8. The quantitative estimate of drug-likeness (QED) is 0.586. The molecule has 0 aliphatic heterocycles. The highest BCUT2D eigenvalue weighted by Crippen LogP contribution is 2.21. The number of ether oxygens (including phenoxy) is 1. The topological polar surface area (TPSA) is 58.7 Å². The molecule has 96 valence electrons. The van der Waals surface area contributed by atoms with Gasteiger partial charge in [0, 0.05) is 19.7 Å². The minimum atomic E-state index is 0.140. The maximum atomic E-state index is 9.37. The zero-order valence-electron chi connectivity index (χ0n) is 10.8. The number of nitrogens with zero attached hydrogens (tertiary/aromatic N) is 1. The lowest BCUT2D eigenvalue weighted by Crippen LogP contribution is -2.35. The van der Waals surface area contributed by atoms with Gasteiger partial charge in [-0.1, -0.05) is 13.0 Å². The Balaban J connectivity index is 2.70. The average Bonchev–Trinajstić information content (AvgIpc) is 2.30. The Kier molecular flexibility index (Phi) is 5.25. The molecule has 0 amide bonds. The summed E-state index contributed by atoms with van der Waals surface area (Å²) < 4.78 is 5.16. The Hall–Kier alpha value is -1.26. The number of anilines is 1. The molecule has 0 fully saturated rings. The molecule has 0 saturated carbocycles. The van der Waals surface area contributed by atoms with Gasteiger partial charge in [-0.3, -0.25) is 4.90 Å². The lowest BCUT2D eigenvalue weighted by molar-refractivity contribution is 0.0982. The molecule has 17 heavy (non-hydrogen) atoms. The predicted octanol–water partition coefficient (Wildman–Crippen LogP) is 1.83. The maximum absolute atomic E-state index is 9.37. The number of benzene rings is 1. The van der Waals surface area contributed by atoms with Crippen molar-refractivity contribution in [3.8, 4) is 5.75 Å². The summed E-state index contributed by atoms with van der Waals surface area (Å²) in [6.45, 7) is 6.73. The Morgan fingerprint density at radius 2 is 2.18 bits per heavy atom.